The molecular formula is C24H22ClNO4. The first-order valence-electron chi connectivity index (χ1n) is 9.31. The maximum atomic E-state index is 11.0. The lowest BCUT2D eigenvalue weighted by molar-refractivity contribution is 0.0697. The van der Waals surface area contributed by atoms with Crippen LogP contribution in [-0.4, -0.2) is 24.4 Å². The third-order valence-electron chi connectivity index (χ3n) is 4.54. The number of ether oxygens (including phenoxy) is 2. The summed E-state index contributed by atoms with van der Waals surface area (Å²) in [7, 11) is 1.55. The van der Waals surface area contributed by atoms with Crippen molar-refractivity contribution >= 4 is 29.5 Å². The van der Waals surface area contributed by atoms with E-state index in [0.29, 0.717) is 16.5 Å². The molecule has 0 bridgehead atoms. The lowest BCUT2D eigenvalue weighted by Gasteiger charge is -2.13. The molecule has 0 unspecified atom stereocenters. The topological polar surface area (TPSA) is 68.1 Å². The molecule has 3 aromatic rings. The number of nitrogens with zero attached hydrogens (tertiary/aromatic N) is 1. The Kier molecular flexibility index (Phi) is 6.75. The van der Waals surface area contributed by atoms with E-state index in [9.17, 15) is 4.79 Å². The number of rotatable bonds is 7. The molecule has 0 radical (unpaired) electrons. The average molecular weight is 424 g/mol. The first-order valence-corrected chi connectivity index (χ1v) is 9.69. The lowest BCUT2D eigenvalue weighted by Crippen LogP contribution is -2.01. The highest BCUT2D eigenvalue weighted by atomic mass is 35.5. The quantitative estimate of drug-likeness (QED) is 0.473. The van der Waals surface area contributed by atoms with E-state index in [1.165, 1.54) is 17.7 Å². The molecule has 0 heterocycles. The van der Waals surface area contributed by atoms with Gasteiger partial charge in [0, 0.05) is 6.21 Å². The molecule has 6 heteroatoms. The smallest absolute Gasteiger partial charge is 0.335 e. The third kappa shape index (κ3) is 5.19. The molecule has 0 aliphatic heterocycles. The van der Waals surface area contributed by atoms with Crippen LogP contribution in [0, 0.1) is 13.8 Å². The second-order valence-corrected chi connectivity index (χ2v) is 7.28. The number of halogens is 1. The van der Waals surface area contributed by atoms with Gasteiger partial charge in [0.05, 0.1) is 23.4 Å². The summed E-state index contributed by atoms with van der Waals surface area (Å²) in [6, 6.07) is 16.1. The zero-order valence-electron chi connectivity index (χ0n) is 17.0. The van der Waals surface area contributed by atoms with E-state index in [1.54, 1.807) is 31.5 Å². The second kappa shape index (κ2) is 9.46. The number of aliphatic imine (C=N–C) groups is 1. The Balaban J connectivity index is 1.78. The highest BCUT2D eigenvalue weighted by Gasteiger charge is 2.12. The van der Waals surface area contributed by atoms with Crippen LogP contribution in [0.4, 0.5) is 5.69 Å². The molecule has 3 rings (SSSR count). The number of aryl methyl sites for hydroxylation is 2. The van der Waals surface area contributed by atoms with Crippen LogP contribution in [0.3, 0.4) is 0 Å². The van der Waals surface area contributed by atoms with E-state index >= 15 is 0 Å². The van der Waals surface area contributed by atoms with Gasteiger partial charge in [0.1, 0.15) is 6.61 Å². The number of methoxy groups -OCH3 is 1. The molecule has 3 aromatic carbocycles. The van der Waals surface area contributed by atoms with Crippen LogP contribution < -0.4 is 9.47 Å². The van der Waals surface area contributed by atoms with Crippen molar-refractivity contribution in [3.05, 3.63) is 87.4 Å². The normalized spacial score (nSPS) is 10.9. The molecular weight excluding hydrogens is 402 g/mol. The summed E-state index contributed by atoms with van der Waals surface area (Å²) in [5, 5.41) is 9.38. The van der Waals surface area contributed by atoms with Gasteiger partial charge in [-0.05, 0) is 60.9 Å². The molecule has 0 atom stereocenters. The van der Waals surface area contributed by atoms with Crippen LogP contribution in [0.5, 0.6) is 11.5 Å². The van der Waals surface area contributed by atoms with Crippen LogP contribution in [0.1, 0.15) is 32.6 Å². The largest absolute Gasteiger partial charge is 0.493 e. The minimum Gasteiger partial charge on any atom is -0.493 e. The number of hydrogen-bond donors (Lipinski definition) is 1. The van der Waals surface area contributed by atoms with E-state index in [2.05, 4.69) is 11.1 Å². The zero-order chi connectivity index (χ0) is 21.7. The van der Waals surface area contributed by atoms with E-state index in [4.69, 9.17) is 26.2 Å². The van der Waals surface area contributed by atoms with Gasteiger partial charge >= 0.3 is 5.97 Å². The molecule has 0 saturated heterocycles. The molecule has 0 aliphatic rings. The second-order valence-electron chi connectivity index (χ2n) is 6.87. The van der Waals surface area contributed by atoms with Crippen molar-refractivity contribution in [1.29, 1.82) is 0 Å². The summed E-state index contributed by atoms with van der Waals surface area (Å²) in [6.07, 6.45) is 1.74. The number of carboxylic acids is 1. The number of benzene rings is 3. The van der Waals surface area contributed by atoms with Crippen molar-refractivity contribution in [3.8, 4) is 11.5 Å². The van der Waals surface area contributed by atoms with Crippen molar-refractivity contribution in [2.75, 3.05) is 7.11 Å². The molecule has 154 valence electrons. The van der Waals surface area contributed by atoms with Crippen LogP contribution in [0.15, 0.2) is 59.6 Å². The summed E-state index contributed by atoms with van der Waals surface area (Å²) in [5.41, 5.74) is 5.00. The average Bonchev–Trinajstić information content (AvgIpc) is 2.72. The predicted molar refractivity (Wildman–Crippen MR) is 119 cm³/mol. The van der Waals surface area contributed by atoms with Crippen LogP contribution in [0.2, 0.25) is 5.02 Å². The summed E-state index contributed by atoms with van der Waals surface area (Å²) in [4.78, 5) is 15.5. The Morgan fingerprint density at radius 2 is 1.83 bits per heavy atom. The molecule has 0 fully saturated rings. The van der Waals surface area contributed by atoms with Gasteiger partial charge in [-0.1, -0.05) is 41.4 Å². The van der Waals surface area contributed by atoms with Crippen molar-refractivity contribution in [2.45, 2.75) is 20.5 Å². The van der Waals surface area contributed by atoms with Gasteiger partial charge in [-0.15, -0.1) is 0 Å². The Labute approximate surface area is 180 Å². The van der Waals surface area contributed by atoms with Gasteiger partial charge in [0.2, 0.25) is 0 Å². The zero-order valence-corrected chi connectivity index (χ0v) is 17.7. The fraction of sp³-hybridized carbons (Fsp3) is 0.167. The molecule has 0 aromatic heterocycles. The van der Waals surface area contributed by atoms with E-state index in [0.717, 1.165) is 22.4 Å². The maximum Gasteiger partial charge on any atom is 0.335 e. The molecule has 0 aliphatic carbocycles. The molecule has 1 N–H and O–H groups in total. The highest BCUT2D eigenvalue weighted by molar-refractivity contribution is 6.32. The predicted octanol–water partition coefficient (Wildman–Crippen LogP) is 5.99. The molecule has 30 heavy (non-hydrogen) atoms. The SMILES string of the molecule is COc1cc(C=Nc2ccc(C)cc2C)cc(Cl)c1OCc1ccc(C(=O)O)cc1. The summed E-state index contributed by atoms with van der Waals surface area (Å²) in [6.45, 7) is 4.30. The number of carbonyl (C=O) groups is 1. The summed E-state index contributed by atoms with van der Waals surface area (Å²) in [5.74, 6) is -0.0536. The van der Waals surface area contributed by atoms with Crippen molar-refractivity contribution < 1.29 is 19.4 Å². The van der Waals surface area contributed by atoms with E-state index in [-0.39, 0.29) is 12.2 Å². The van der Waals surface area contributed by atoms with Gasteiger partial charge in [0.25, 0.3) is 0 Å². The van der Waals surface area contributed by atoms with Gasteiger partial charge in [-0.3, -0.25) is 4.99 Å². The fourth-order valence-corrected chi connectivity index (χ4v) is 3.22. The van der Waals surface area contributed by atoms with Crippen molar-refractivity contribution in [2.24, 2.45) is 4.99 Å². The third-order valence-corrected chi connectivity index (χ3v) is 4.82. The van der Waals surface area contributed by atoms with Crippen molar-refractivity contribution in [3.63, 3.8) is 0 Å². The van der Waals surface area contributed by atoms with Crippen LogP contribution in [0.25, 0.3) is 0 Å². The van der Waals surface area contributed by atoms with E-state index in [1.807, 2.05) is 32.0 Å². The fourth-order valence-electron chi connectivity index (χ4n) is 2.95. The minimum atomic E-state index is -0.967. The summed E-state index contributed by atoms with van der Waals surface area (Å²) >= 11 is 6.44. The molecule has 0 saturated carbocycles. The van der Waals surface area contributed by atoms with E-state index < -0.39 is 5.97 Å². The van der Waals surface area contributed by atoms with Gasteiger partial charge in [-0.2, -0.15) is 0 Å². The Hall–Kier alpha value is -3.31. The van der Waals surface area contributed by atoms with Gasteiger partial charge < -0.3 is 14.6 Å². The number of hydrogen-bond acceptors (Lipinski definition) is 4. The maximum absolute atomic E-state index is 11.0. The van der Waals surface area contributed by atoms with Crippen LogP contribution >= 0.6 is 11.6 Å². The van der Waals surface area contributed by atoms with Gasteiger partial charge in [0.15, 0.2) is 11.5 Å². The number of aromatic carboxylic acids is 1. The summed E-state index contributed by atoms with van der Waals surface area (Å²) < 4.78 is 11.3. The Morgan fingerprint density at radius 3 is 2.47 bits per heavy atom. The van der Waals surface area contributed by atoms with Crippen LogP contribution in [-0.2, 0) is 6.61 Å². The lowest BCUT2D eigenvalue weighted by atomic mass is 10.1. The first kappa shape index (κ1) is 21.4. The standard InChI is InChI=1S/C24H22ClNO4/c1-15-4-9-21(16(2)10-15)26-13-18-11-20(25)23(22(12-18)29-3)30-14-17-5-7-19(8-6-17)24(27)28/h4-13H,14H2,1-3H3,(H,27,28). The van der Waals surface area contributed by atoms with Gasteiger partial charge in [-0.25, -0.2) is 4.79 Å². The number of carboxylic acid groups (broad SMARTS) is 1. The molecule has 0 amide bonds. The van der Waals surface area contributed by atoms with Crippen molar-refractivity contribution in [1.82, 2.24) is 0 Å². The highest BCUT2D eigenvalue weighted by Crippen LogP contribution is 2.36. The Morgan fingerprint density at radius 1 is 1.10 bits per heavy atom. The monoisotopic (exact) mass is 423 g/mol. The molecule has 5 nitrogen and oxygen atoms in total. The molecule has 0 spiro atoms. The Bertz CT molecular complexity index is 1090. The minimum absolute atomic E-state index is 0.224. The first-order chi connectivity index (χ1) is 14.4.